The van der Waals surface area contributed by atoms with Crippen molar-refractivity contribution in [1.29, 1.82) is 0 Å². The highest BCUT2D eigenvalue weighted by Crippen LogP contribution is 2.30. The predicted molar refractivity (Wildman–Crippen MR) is 116 cm³/mol. The van der Waals surface area contributed by atoms with Gasteiger partial charge in [-0.25, -0.2) is 23.4 Å². The van der Waals surface area contributed by atoms with Gasteiger partial charge in [-0.05, 0) is 30.3 Å². The molecule has 1 radical (unpaired) electrons. The molecule has 165 valence electrons. The monoisotopic (exact) mass is 454 g/mol. The first-order valence-corrected chi connectivity index (χ1v) is 11.8. The predicted octanol–water partition coefficient (Wildman–Crippen LogP) is 2.70. The first kappa shape index (κ1) is 21.6. The first-order valence-electron chi connectivity index (χ1n) is 9.88. The Balaban J connectivity index is 1.55. The molecule has 0 bridgehead atoms. The van der Waals surface area contributed by atoms with Crippen LogP contribution in [0.4, 0.5) is 11.5 Å². The minimum atomic E-state index is -3.34. The van der Waals surface area contributed by atoms with Gasteiger partial charge in [0, 0.05) is 50.0 Å². The van der Waals surface area contributed by atoms with Gasteiger partial charge in [-0.15, -0.1) is 0 Å². The molecule has 1 aromatic carbocycles. The van der Waals surface area contributed by atoms with E-state index in [2.05, 4.69) is 21.1 Å². The lowest BCUT2D eigenvalue weighted by Crippen LogP contribution is -2.39. The zero-order valence-electron chi connectivity index (χ0n) is 17.2. The van der Waals surface area contributed by atoms with E-state index >= 15 is 0 Å². The highest BCUT2D eigenvalue weighted by atomic mass is 32.2. The molecule has 3 heterocycles. The van der Waals surface area contributed by atoms with Gasteiger partial charge >= 0.3 is 5.69 Å². The lowest BCUT2D eigenvalue weighted by molar-refractivity contribution is -0.385. The third-order valence-corrected chi connectivity index (χ3v) is 6.21. The van der Waals surface area contributed by atoms with Crippen molar-refractivity contribution in [1.82, 2.24) is 15.0 Å². The molecule has 0 atom stereocenters. The fraction of sp³-hybridized carbons (Fsp3) is 0.286. The number of nitro groups is 1. The summed E-state index contributed by atoms with van der Waals surface area (Å²) in [6.45, 7) is 1.02. The summed E-state index contributed by atoms with van der Waals surface area (Å²) in [5.74, 6) is 0.966. The third kappa shape index (κ3) is 4.83. The van der Waals surface area contributed by atoms with Crippen LogP contribution >= 0.6 is 0 Å². The Morgan fingerprint density at radius 2 is 1.88 bits per heavy atom. The zero-order valence-corrected chi connectivity index (χ0v) is 18.0. The summed E-state index contributed by atoms with van der Waals surface area (Å²) in [6.07, 6.45) is 6.52. The van der Waals surface area contributed by atoms with Crippen LogP contribution in [0.2, 0.25) is 0 Å². The van der Waals surface area contributed by atoms with Crippen LogP contribution in [0.15, 0.2) is 53.6 Å². The number of hydrogen-bond donors (Lipinski definition) is 0. The molecule has 0 amide bonds. The quantitative estimate of drug-likeness (QED) is 0.408. The lowest BCUT2D eigenvalue weighted by atomic mass is 10.1. The maximum absolute atomic E-state index is 11.7. The topological polar surface area (TPSA) is 128 Å². The Hall–Kier alpha value is -3.60. The van der Waals surface area contributed by atoms with Crippen LogP contribution in [0, 0.1) is 16.3 Å². The van der Waals surface area contributed by atoms with Crippen LogP contribution in [0.5, 0.6) is 5.88 Å². The maximum Gasteiger partial charge on any atom is 0.339 e. The van der Waals surface area contributed by atoms with E-state index in [1.807, 2.05) is 17.0 Å². The van der Waals surface area contributed by atoms with Gasteiger partial charge < -0.3 is 9.64 Å². The molecule has 0 aliphatic carbocycles. The fourth-order valence-corrected chi connectivity index (χ4v) is 4.06. The smallest absolute Gasteiger partial charge is 0.339 e. The van der Waals surface area contributed by atoms with E-state index in [0.717, 1.165) is 6.26 Å². The van der Waals surface area contributed by atoms with E-state index in [4.69, 9.17) is 4.74 Å². The Labute approximate surface area is 185 Å². The van der Waals surface area contributed by atoms with Gasteiger partial charge in [0.05, 0.1) is 9.82 Å². The third-order valence-electron chi connectivity index (χ3n) is 5.08. The Morgan fingerprint density at radius 3 is 2.47 bits per heavy atom. The van der Waals surface area contributed by atoms with Gasteiger partial charge in [0.1, 0.15) is 6.10 Å². The normalized spacial score (nSPS) is 14.8. The number of piperidine rings is 1. The van der Waals surface area contributed by atoms with Crippen molar-refractivity contribution in [2.24, 2.45) is 0 Å². The number of rotatable bonds is 6. The highest BCUT2D eigenvalue weighted by Gasteiger charge is 2.28. The molecule has 10 nitrogen and oxygen atoms in total. The number of sulfone groups is 1. The van der Waals surface area contributed by atoms with Crippen LogP contribution in [-0.4, -0.2) is 53.7 Å². The van der Waals surface area contributed by atoms with Crippen molar-refractivity contribution in [3.05, 3.63) is 65.0 Å². The van der Waals surface area contributed by atoms with Crippen LogP contribution in [0.1, 0.15) is 12.8 Å². The number of anilines is 1. The molecule has 1 saturated heterocycles. The van der Waals surface area contributed by atoms with Crippen LogP contribution in [0.3, 0.4) is 0 Å². The van der Waals surface area contributed by atoms with Gasteiger partial charge in [-0.2, -0.15) is 0 Å². The fourth-order valence-electron chi connectivity index (χ4n) is 3.43. The minimum absolute atomic E-state index is 0.0472. The summed E-state index contributed by atoms with van der Waals surface area (Å²) in [6, 6.07) is 11.5. The second-order valence-corrected chi connectivity index (χ2v) is 9.37. The average Bonchev–Trinajstić information content (AvgIpc) is 2.79. The molecule has 11 heteroatoms. The Bertz CT molecular complexity index is 1210. The molecule has 1 aliphatic rings. The summed E-state index contributed by atoms with van der Waals surface area (Å²) in [5.41, 5.74) is 0.240. The second-order valence-electron chi connectivity index (χ2n) is 7.36. The first-order chi connectivity index (χ1) is 15.3. The van der Waals surface area contributed by atoms with Crippen molar-refractivity contribution in [2.75, 3.05) is 24.2 Å². The van der Waals surface area contributed by atoms with Crippen LogP contribution < -0.4 is 9.64 Å². The van der Waals surface area contributed by atoms with E-state index in [9.17, 15) is 18.5 Å². The van der Waals surface area contributed by atoms with Gasteiger partial charge in [-0.1, -0.05) is 6.07 Å². The van der Waals surface area contributed by atoms with Crippen LogP contribution in [0.25, 0.3) is 11.4 Å². The lowest BCUT2D eigenvalue weighted by Gasteiger charge is -2.32. The van der Waals surface area contributed by atoms with Gasteiger partial charge in [0.2, 0.25) is 11.7 Å². The van der Waals surface area contributed by atoms with Gasteiger partial charge in [0.15, 0.2) is 21.9 Å². The molecule has 32 heavy (non-hydrogen) atoms. The highest BCUT2D eigenvalue weighted by molar-refractivity contribution is 7.90. The summed E-state index contributed by atoms with van der Waals surface area (Å²) in [4.78, 5) is 25.6. The molecular formula is C21H20N5O5S. The van der Waals surface area contributed by atoms with Gasteiger partial charge in [0.25, 0.3) is 0 Å². The molecule has 1 fully saturated rings. The van der Waals surface area contributed by atoms with Crippen LogP contribution in [-0.2, 0) is 9.84 Å². The molecule has 0 N–H and O–H groups in total. The molecule has 2 aromatic heterocycles. The number of nitrogens with zero attached hydrogens (tertiary/aromatic N) is 5. The average molecular weight is 454 g/mol. The van der Waals surface area contributed by atoms with E-state index < -0.39 is 14.8 Å². The summed E-state index contributed by atoms with van der Waals surface area (Å²) >= 11 is 0. The van der Waals surface area contributed by atoms with E-state index in [1.165, 1.54) is 12.1 Å². The van der Waals surface area contributed by atoms with Crippen molar-refractivity contribution in [3.63, 3.8) is 0 Å². The van der Waals surface area contributed by atoms with Crippen molar-refractivity contribution >= 4 is 21.3 Å². The molecule has 3 aromatic rings. The summed E-state index contributed by atoms with van der Waals surface area (Å²) < 4.78 is 29.2. The standard InChI is InChI=1S/C21H20N5O5S/c1-32(29,30)17-7-5-15(6-8-17)20-23-14-18(26(27)28)21(24-20)25-12-9-16(10-13-25)31-19-4-2-3-11-22-19/h2-8,11,16H,9-10,12-13H2,1H3. The molecule has 4 rings (SSSR count). The number of ether oxygens (including phenoxy) is 1. The zero-order chi connectivity index (χ0) is 22.7. The van der Waals surface area contributed by atoms with Crippen molar-refractivity contribution < 1.29 is 18.1 Å². The van der Waals surface area contributed by atoms with Gasteiger partial charge in [-0.3, -0.25) is 10.1 Å². The maximum atomic E-state index is 11.7. The van der Waals surface area contributed by atoms with Crippen molar-refractivity contribution in [2.45, 2.75) is 23.8 Å². The Kier molecular flexibility index (Phi) is 5.99. The molecule has 1 aliphatic heterocycles. The minimum Gasteiger partial charge on any atom is -0.474 e. The number of aromatic nitrogens is 3. The van der Waals surface area contributed by atoms with E-state index in [-0.39, 0.29) is 28.3 Å². The second kappa shape index (κ2) is 8.87. The van der Waals surface area contributed by atoms with Crippen molar-refractivity contribution in [3.8, 4) is 17.3 Å². The van der Waals surface area contributed by atoms with E-state index in [0.29, 0.717) is 37.4 Å². The van der Waals surface area contributed by atoms with E-state index in [1.54, 1.807) is 24.4 Å². The molecule has 0 unspecified atom stereocenters. The molecule has 0 saturated carbocycles. The molecular weight excluding hydrogens is 434 g/mol. The number of benzene rings is 1. The summed E-state index contributed by atoms with van der Waals surface area (Å²) in [7, 11) is -3.34. The largest absolute Gasteiger partial charge is 0.474 e. The Morgan fingerprint density at radius 1 is 1.16 bits per heavy atom. The number of hydrogen-bond acceptors (Lipinski definition) is 9. The summed E-state index contributed by atoms with van der Waals surface area (Å²) in [5, 5.41) is 11.5. The number of pyridine rings is 1. The molecule has 0 spiro atoms. The SMILES string of the molecule is CS(=O)(=O)c1ccc(-c2n[c]c([N+](=O)[O-])c(N3CCC(Oc4ccccn4)CC3)n2)cc1.